The van der Waals surface area contributed by atoms with Gasteiger partial charge in [0.1, 0.15) is 22.5 Å². The Bertz CT molecular complexity index is 1770. The number of hydrogen-bond donors (Lipinski definition) is 0. The first kappa shape index (κ1) is 22.0. The minimum absolute atomic E-state index is 0.0866. The summed E-state index contributed by atoms with van der Waals surface area (Å²) in [4.78, 5) is 28.6. The van der Waals surface area contributed by atoms with Crippen molar-refractivity contribution in [1.82, 2.24) is 24.1 Å². The zero-order chi connectivity index (χ0) is 24.6. The highest BCUT2D eigenvalue weighted by molar-refractivity contribution is 6.04. The van der Waals surface area contributed by atoms with Gasteiger partial charge in [0.25, 0.3) is 5.56 Å². The van der Waals surface area contributed by atoms with Gasteiger partial charge in [-0.2, -0.15) is 0 Å². The van der Waals surface area contributed by atoms with Gasteiger partial charge >= 0.3 is 0 Å². The van der Waals surface area contributed by atoms with E-state index in [0.717, 1.165) is 28.8 Å². The second-order valence-corrected chi connectivity index (χ2v) is 8.87. The van der Waals surface area contributed by atoms with Crippen molar-refractivity contribution in [1.29, 1.82) is 0 Å². The van der Waals surface area contributed by atoms with Crippen molar-refractivity contribution in [2.24, 2.45) is 0 Å². The molecule has 0 bridgehead atoms. The molecule has 178 valence electrons. The van der Waals surface area contributed by atoms with Gasteiger partial charge in [-0.15, -0.1) is 0 Å². The predicted octanol–water partition coefficient (Wildman–Crippen LogP) is 4.90. The van der Waals surface area contributed by atoms with Crippen molar-refractivity contribution in [2.45, 2.75) is 26.4 Å². The smallest absolute Gasteiger partial charge is 0.265 e. The van der Waals surface area contributed by atoms with E-state index in [-0.39, 0.29) is 5.56 Å². The third kappa shape index (κ3) is 3.79. The summed E-state index contributed by atoms with van der Waals surface area (Å²) in [5, 5.41) is 0.510. The summed E-state index contributed by atoms with van der Waals surface area (Å²) in [5.41, 5.74) is 5.53. The summed E-state index contributed by atoms with van der Waals surface area (Å²) in [6.07, 6.45) is 0.744. The van der Waals surface area contributed by atoms with Gasteiger partial charge in [0, 0.05) is 6.54 Å². The van der Waals surface area contributed by atoms with E-state index in [9.17, 15) is 4.79 Å². The highest BCUT2D eigenvalue weighted by Crippen LogP contribution is 2.27. The van der Waals surface area contributed by atoms with Crippen LogP contribution in [0.2, 0.25) is 0 Å². The molecule has 3 aromatic carbocycles. The average Bonchev–Trinajstić information content (AvgIpc) is 3.20. The average molecular weight is 476 g/mol. The first-order valence-electron chi connectivity index (χ1n) is 12.0. The number of para-hydroxylation sites is 2. The number of hydrogen-bond acceptors (Lipinski definition) is 5. The Balaban J connectivity index is 1.56. The monoisotopic (exact) mass is 475 g/mol. The minimum Gasteiger partial charge on any atom is -0.497 e. The normalized spacial score (nSPS) is 11.5. The molecule has 0 saturated heterocycles. The molecular weight excluding hydrogens is 450 g/mol. The van der Waals surface area contributed by atoms with Crippen LogP contribution in [0.3, 0.4) is 0 Å². The highest BCUT2D eigenvalue weighted by Gasteiger charge is 2.21. The van der Waals surface area contributed by atoms with Crippen LogP contribution in [-0.4, -0.2) is 31.2 Å². The number of methoxy groups -OCH3 is 1. The summed E-state index contributed by atoms with van der Waals surface area (Å²) in [6, 6.07) is 25.8. The molecule has 0 atom stereocenters. The molecule has 6 aromatic rings. The SMILES string of the molecule is COc1ccc(Cn2c3nc4ccccc4nc3c3c(=O)n(CCc4ccccc4)c(C)nc32)cc1. The summed E-state index contributed by atoms with van der Waals surface area (Å²) in [6.45, 7) is 2.94. The van der Waals surface area contributed by atoms with Crippen molar-refractivity contribution in [3.05, 3.63) is 106 Å². The van der Waals surface area contributed by atoms with Crippen LogP contribution < -0.4 is 10.3 Å². The Labute approximate surface area is 207 Å². The van der Waals surface area contributed by atoms with Crippen LogP contribution in [-0.2, 0) is 19.5 Å². The Morgan fingerprint density at radius 1 is 0.750 bits per heavy atom. The fraction of sp³-hybridized carbons (Fsp3) is 0.172. The van der Waals surface area contributed by atoms with E-state index in [2.05, 4.69) is 12.1 Å². The number of aryl methyl sites for hydroxylation is 2. The second kappa shape index (κ2) is 8.92. The molecule has 7 nitrogen and oxygen atoms in total. The molecule has 3 heterocycles. The van der Waals surface area contributed by atoms with Gasteiger partial charge in [-0.05, 0) is 48.7 Å². The van der Waals surface area contributed by atoms with Crippen LogP contribution in [0.25, 0.3) is 33.2 Å². The first-order valence-corrected chi connectivity index (χ1v) is 12.0. The molecule has 0 radical (unpaired) electrons. The maximum Gasteiger partial charge on any atom is 0.265 e. The van der Waals surface area contributed by atoms with Gasteiger partial charge in [0.05, 0.1) is 24.7 Å². The van der Waals surface area contributed by atoms with Crippen molar-refractivity contribution in [3.63, 3.8) is 0 Å². The summed E-state index contributed by atoms with van der Waals surface area (Å²) in [5.74, 6) is 1.47. The van der Waals surface area contributed by atoms with Crippen molar-refractivity contribution >= 4 is 33.2 Å². The van der Waals surface area contributed by atoms with E-state index in [1.54, 1.807) is 11.7 Å². The fourth-order valence-electron chi connectivity index (χ4n) is 4.71. The molecule has 36 heavy (non-hydrogen) atoms. The molecule has 0 fully saturated rings. The van der Waals surface area contributed by atoms with Gasteiger partial charge in [0.2, 0.25) is 0 Å². The molecule has 0 aliphatic heterocycles. The molecule has 0 amide bonds. The van der Waals surface area contributed by atoms with E-state index in [4.69, 9.17) is 19.7 Å². The van der Waals surface area contributed by atoms with Gasteiger partial charge in [-0.1, -0.05) is 54.6 Å². The minimum atomic E-state index is -0.0866. The lowest BCUT2D eigenvalue weighted by atomic mass is 10.1. The Kier molecular flexibility index (Phi) is 5.45. The molecular formula is C29H25N5O2. The lowest BCUT2D eigenvalue weighted by molar-refractivity contribution is 0.414. The highest BCUT2D eigenvalue weighted by atomic mass is 16.5. The maximum atomic E-state index is 13.9. The number of fused-ring (bicyclic) bond motifs is 4. The molecule has 0 N–H and O–H groups in total. The number of ether oxygens (including phenoxy) is 1. The number of aromatic nitrogens is 5. The summed E-state index contributed by atoms with van der Waals surface area (Å²) >= 11 is 0. The molecule has 0 aliphatic rings. The standard InChI is InChI=1S/C29H25N5O2/c1-19-30-27-25(29(35)33(19)17-16-20-8-4-3-5-9-20)26-28(32-24-11-7-6-10-23(24)31-26)34(27)18-21-12-14-22(36-2)15-13-21/h3-15H,16-18H2,1-2H3. The van der Waals surface area contributed by atoms with Crippen LogP contribution >= 0.6 is 0 Å². The van der Waals surface area contributed by atoms with Crippen LogP contribution in [0.4, 0.5) is 0 Å². The zero-order valence-corrected chi connectivity index (χ0v) is 20.2. The van der Waals surface area contributed by atoms with Crippen molar-refractivity contribution in [3.8, 4) is 5.75 Å². The number of rotatable bonds is 6. The Morgan fingerprint density at radius 2 is 1.44 bits per heavy atom. The quantitative estimate of drug-likeness (QED) is 0.342. The summed E-state index contributed by atoms with van der Waals surface area (Å²) < 4.78 is 9.06. The molecule has 7 heteroatoms. The lowest BCUT2D eigenvalue weighted by Gasteiger charge is -2.11. The first-order chi connectivity index (χ1) is 17.6. The summed E-state index contributed by atoms with van der Waals surface area (Å²) in [7, 11) is 1.65. The molecule has 0 saturated carbocycles. The molecule has 6 rings (SSSR count). The topological polar surface area (TPSA) is 74.8 Å². The second-order valence-electron chi connectivity index (χ2n) is 8.87. The Morgan fingerprint density at radius 3 is 2.17 bits per heavy atom. The van der Waals surface area contributed by atoms with Gasteiger partial charge < -0.3 is 9.30 Å². The van der Waals surface area contributed by atoms with E-state index >= 15 is 0 Å². The number of nitrogens with zero attached hydrogens (tertiary/aromatic N) is 5. The van der Waals surface area contributed by atoms with Gasteiger partial charge in [0.15, 0.2) is 11.3 Å². The van der Waals surface area contributed by atoms with E-state index in [1.165, 1.54) is 5.56 Å². The third-order valence-corrected chi connectivity index (χ3v) is 6.61. The third-order valence-electron chi connectivity index (χ3n) is 6.61. The van der Waals surface area contributed by atoms with Crippen LogP contribution in [0, 0.1) is 6.92 Å². The van der Waals surface area contributed by atoms with Gasteiger partial charge in [-0.3, -0.25) is 9.36 Å². The van der Waals surface area contributed by atoms with Gasteiger partial charge in [-0.25, -0.2) is 15.0 Å². The van der Waals surface area contributed by atoms with E-state index in [1.807, 2.05) is 78.2 Å². The molecule has 0 aliphatic carbocycles. The van der Waals surface area contributed by atoms with Crippen LogP contribution in [0.1, 0.15) is 17.0 Å². The molecule has 3 aromatic heterocycles. The largest absolute Gasteiger partial charge is 0.497 e. The molecule has 0 spiro atoms. The fourth-order valence-corrected chi connectivity index (χ4v) is 4.71. The molecule has 0 unspecified atom stereocenters. The predicted molar refractivity (Wildman–Crippen MR) is 142 cm³/mol. The van der Waals surface area contributed by atoms with Crippen molar-refractivity contribution < 1.29 is 4.74 Å². The van der Waals surface area contributed by atoms with Crippen molar-refractivity contribution in [2.75, 3.05) is 7.11 Å². The maximum absolute atomic E-state index is 13.9. The van der Waals surface area contributed by atoms with Crippen LogP contribution in [0.15, 0.2) is 83.7 Å². The van der Waals surface area contributed by atoms with E-state index < -0.39 is 0 Å². The zero-order valence-electron chi connectivity index (χ0n) is 20.2. The Hall–Kier alpha value is -4.52. The van der Waals surface area contributed by atoms with Crippen LogP contribution in [0.5, 0.6) is 5.75 Å². The van der Waals surface area contributed by atoms with E-state index in [0.29, 0.717) is 41.1 Å². The number of benzene rings is 3. The lowest BCUT2D eigenvalue weighted by Crippen LogP contribution is -2.25.